The highest BCUT2D eigenvalue weighted by atomic mass is 35.5. The molecule has 0 radical (unpaired) electrons. The van der Waals surface area contributed by atoms with E-state index in [2.05, 4.69) is 9.97 Å². The number of nitrogens with two attached hydrogens (primary N) is 1. The highest BCUT2D eigenvalue weighted by Gasteiger charge is 2.10. The van der Waals surface area contributed by atoms with Crippen LogP contribution in [0.4, 0.5) is 5.95 Å². The van der Waals surface area contributed by atoms with E-state index in [1.807, 2.05) is 26.0 Å². The fourth-order valence-electron chi connectivity index (χ4n) is 1.68. The normalized spacial score (nSPS) is 10.5. The predicted octanol–water partition coefficient (Wildman–Crippen LogP) is 3.02. The molecule has 3 N–H and O–H groups in total. The van der Waals surface area contributed by atoms with Crippen molar-refractivity contribution in [2.24, 2.45) is 0 Å². The molecule has 0 bridgehead atoms. The van der Waals surface area contributed by atoms with E-state index < -0.39 is 0 Å². The maximum atomic E-state index is 6.15. The number of hydrogen-bond donors (Lipinski definition) is 2. The number of nitrogens with one attached hydrogen (secondary N) is 1. The first-order chi connectivity index (χ1) is 8.11. The van der Waals surface area contributed by atoms with Crippen LogP contribution in [0.1, 0.15) is 12.5 Å². The lowest BCUT2D eigenvalue weighted by atomic mass is 10.1. The number of benzene rings is 1. The largest absolute Gasteiger partial charge is 0.492 e. The van der Waals surface area contributed by atoms with Gasteiger partial charge in [0.2, 0.25) is 0 Å². The molecule has 0 unspecified atom stereocenters. The van der Waals surface area contributed by atoms with Crippen LogP contribution < -0.4 is 10.5 Å². The van der Waals surface area contributed by atoms with Gasteiger partial charge in [-0.3, -0.25) is 0 Å². The average molecular weight is 252 g/mol. The predicted molar refractivity (Wildman–Crippen MR) is 69.4 cm³/mol. The average Bonchev–Trinajstić information content (AvgIpc) is 2.70. The van der Waals surface area contributed by atoms with E-state index in [0.29, 0.717) is 23.3 Å². The number of nitrogen functional groups attached to an aromatic ring is 1. The number of halogens is 1. The van der Waals surface area contributed by atoms with E-state index in [-0.39, 0.29) is 0 Å². The van der Waals surface area contributed by atoms with Crippen LogP contribution in [0, 0.1) is 6.92 Å². The minimum Gasteiger partial charge on any atom is -0.492 e. The van der Waals surface area contributed by atoms with Gasteiger partial charge in [0, 0.05) is 5.56 Å². The van der Waals surface area contributed by atoms with E-state index in [9.17, 15) is 0 Å². The second-order valence-corrected chi connectivity index (χ2v) is 4.12. The summed E-state index contributed by atoms with van der Waals surface area (Å²) < 4.78 is 5.43. The molecule has 0 atom stereocenters. The molecule has 4 nitrogen and oxygen atoms in total. The molecule has 2 rings (SSSR count). The molecular weight excluding hydrogens is 238 g/mol. The summed E-state index contributed by atoms with van der Waals surface area (Å²) in [5.41, 5.74) is 8.44. The molecule has 1 aromatic heterocycles. The molecule has 0 spiro atoms. The maximum absolute atomic E-state index is 6.15. The van der Waals surface area contributed by atoms with Gasteiger partial charge in [0.15, 0.2) is 5.95 Å². The molecule has 0 saturated carbocycles. The number of imidazole rings is 1. The molecule has 90 valence electrons. The van der Waals surface area contributed by atoms with E-state index >= 15 is 0 Å². The third-order valence-corrected chi connectivity index (χ3v) is 2.76. The molecule has 0 fully saturated rings. The molecule has 0 amide bonds. The fraction of sp³-hybridized carbons (Fsp3) is 0.250. The second-order valence-electron chi connectivity index (χ2n) is 3.71. The zero-order valence-corrected chi connectivity index (χ0v) is 10.5. The molecule has 0 saturated heterocycles. The summed E-state index contributed by atoms with van der Waals surface area (Å²) in [5, 5.41) is 0.584. The lowest BCUT2D eigenvalue weighted by Crippen LogP contribution is -1.94. The Morgan fingerprint density at radius 1 is 1.47 bits per heavy atom. The minimum absolute atomic E-state index is 0.393. The molecule has 2 aromatic rings. The van der Waals surface area contributed by atoms with Crippen molar-refractivity contribution in [3.63, 3.8) is 0 Å². The Kier molecular flexibility index (Phi) is 3.24. The van der Waals surface area contributed by atoms with E-state index in [1.54, 1.807) is 6.20 Å². The topological polar surface area (TPSA) is 63.9 Å². The van der Waals surface area contributed by atoms with Gasteiger partial charge in [-0.1, -0.05) is 11.6 Å². The summed E-state index contributed by atoms with van der Waals surface area (Å²) >= 11 is 6.15. The lowest BCUT2D eigenvalue weighted by Gasteiger charge is -2.10. The van der Waals surface area contributed by atoms with Crippen LogP contribution in [0.3, 0.4) is 0 Å². The summed E-state index contributed by atoms with van der Waals surface area (Å²) in [5.74, 6) is 1.09. The van der Waals surface area contributed by atoms with Gasteiger partial charge >= 0.3 is 0 Å². The van der Waals surface area contributed by atoms with Crippen molar-refractivity contribution in [1.82, 2.24) is 9.97 Å². The van der Waals surface area contributed by atoms with Gasteiger partial charge in [-0.15, -0.1) is 0 Å². The molecule has 0 aliphatic rings. The van der Waals surface area contributed by atoms with Crippen LogP contribution in [0.5, 0.6) is 5.75 Å². The Morgan fingerprint density at radius 3 is 2.82 bits per heavy atom. The van der Waals surface area contributed by atoms with Crippen LogP contribution >= 0.6 is 11.6 Å². The minimum atomic E-state index is 0.393. The van der Waals surface area contributed by atoms with Gasteiger partial charge in [0.05, 0.1) is 23.5 Å². The van der Waals surface area contributed by atoms with Crippen LogP contribution in [-0.2, 0) is 0 Å². The Balaban J connectivity index is 2.46. The van der Waals surface area contributed by atoms with Crippen molar-refractivity contribution in [1.29, 1.82) is 0 Å². The van der Waals surface area contributed by atoms with Crippen molar-refractivity contribution >= 4 is 17.5 Å². The second kappa shape index (κ2) is 4.67. The van der Waals surface area contributed by atoms with Gasteiger partial charge in [-0.05, 0) is 31.5 Å². The molecule has 17 heavy (non-hydrogen) atoms. The Labute approximate surface area is 105 Å². The third-order valence-electron chi connectivity index (χ3n) is 2.46. The fourth-order valence-corrected chi connectivity index (χ4v) is 1.90. The highest BCUT2D eigenvalue weighted by molar-refractivity contribution is 6.32. The summed E-state index contributed by atoms with van der Waals surface area (Å²) in [6.07, 6.45) is 1.69. The SMILES string of the molecule is CCOc1cc(C)c(-c2cnc(N)[nH]2)cc1Cl. The van der Waals surface area contributed by atoms with Gasteiger partial charge in [-0.2, -0.15) is 0 Å². The van der Waals surface area contributed by atoms with Gasteiger partial charge in [0.25, 0.3) is 0 Å². The zero-order valence-electron chi connectivity index (χ0n) is 9.75. The summed E-state index contributed by atoms with van der Waals surface area (Å²) in [4.78, 5) is 6.95. The van der Waals surface area contributed by atoms with E-state index in [1.165, 1.54) is 0 Å². The third kappa shape index (κ3) is 2.36. The first-order valence-corrected chi connectivity index (χ1v) is 5.73. The summed E-state index contributed by atoms with van der Waals surface area (Å²) in [6.45, 7) is 4.51. The Morgan fingerprint density at radius 2 is 2.24 bits per heavy atom. The molecule has 0 aliphatic heterocycles. The van der Waals surface area contributed by atoms with Crippen molar-refractivity contribution < 1.29 is 4.74 Å². The van der Waals surface area contributed by atoms with Gasteiger partial charge in [-0.25, -0.2) is 4.98 Å². The number of anilines is 1. The molecular formula is C12H14ClN3O. The first kappa shape index (κ1) is 11.8. The number of ether oxygens (including phenoxy) is 1. The van der Waals surface area contributed by atoms with E-state index in [0.717, 1.165) is 16.8 Å². The highest BCUT2D eigenvalue weighted by Crippen LogP contribution is 2.33. The monoisotopic (exact) mass is 251 g/mol. The van der Waals surface area contributed by atoms with Crippen molar-refractivity contribution in [3.8, 4) is 17.0 Å². The molecule has 5 heteroatoms. The van der Waals surface area contributed by atoms with Crippen molar-refractivity contribution in [2.45, 2.75) is 13.8 Å². The first-order valence-electron chi connectivity index (χ1n) is 5.35. The Bertz CT molecular complexity index is 537. The molecule has 1 aromatic carbocycles. The zero-order chi connectivity index (χ0) is 12.4. The number of hydrogen-bond acceptors (Lipinski definition) is 3. The number of rotatable bonds is 3. The number of nitrogens with zero attached hydrogens (tertiary/aromatic N) is 1. The maximum Gasteiger partial charge on any atom is 0.197 e. The number of aromatic amines is 1. The summed E-state index contributed by atoms with van der Waals surface area (Å²) in [7, 11) is 0. The Hall–Kier alpha value is -1.68. The van der Waals surface area contributed by atoms with Gasteiger partial charge in [0.1, 0.15) is 5.75 Å². The van der Waals surface area contributed by atoms with Crippen LogP contribution in [0.15, 0.2) is 18.3 Å². The number of aryl methyl sites for hydroxylation is 1. The lowest BCUT2D eigenvalue weighted by molar-refractivity contribution is 0.340. The standard InChI is InChI=1S/C12H14ClN3O/c1-3-17-11-4-7(2)8(5-9(11)13)10-6-15-12(14)16-10/h4-6H,3H2,1-2H3,(H3,14,15,16). The number of H-pyrrole nitrogens is 1. The van der Waals surface area contributed by atoms with E-state index in [4.69, 9.17) is 22.1 Å². The molecule has 0 aliphatic carbocycles. The number of aromatic nitrogens is 2. The van der Waals surface area contributed by atoms with Crippen LogP contribution in [-0.4, -0.2) is 16.6 Å². The summed E-state index contributed by atoms with van der Waals surface area (Å²) in [6, 6.07) is 3.77. The van der Waals surface area contributed by atoms with Gasteiger partial charge < -0.3 is 15.5 Å². The van der Waals surface area contributed by atoms with Crippen molar-refractivity contribution in [3.05, 3.63) is 28.9 Å². The van der Waals surface area contributed by atoms with Crippen LogP contribution in [0.25, 0.3) is 11.3 Å². The quantitative estimate of drug-likeness (QED) is 0.881. The van der Waals surface area contributed by atoms with Crippen LogP contribution in [0.2, 0.25) is 5.02 Å². The smallest absolute Gasteiger partial charge is 0.197 e. The molecule has 1 heterocycles. The van der Waals surface area contributed by atoms with Crippen molar-refractivity contribution in [2.75, 3.05) is 12.3 Å².